The molecule has 0 aliphatic heterocycles. The molecule has 7 nitrogen and oxygen atoms in total. The van der Waals surface area contributed by atoms with E-state index in [0.29, 0.717) is 13.2 Å². The number of carbonyl (C=O) groups is 2. The lowest BCUT2D eigenvalue weighted by atomic mass is 10.2. The average Bonchev–Trinajstić information content (AvgIpc) is 2.47. The molecule has 0 aromatic carbocycles. The van der Waals surface area contributed by atoms with Gasteiger partial charge in [0.25, 0.3) is 5.91 Å². The number of methoxy groups -OCH3 is 2. The van der Waals surface area contributed by atoms with E-state index in [2.05, 4.69) is 9.72 Å². The second kappa shape index (κ2) is 8.11. The summed E-state index contributed by atoms with van der Waals surface area (Å²) in [5.74, 6) is -0.852. The highest BCUT2D eigenvalue weighted by Gasteiger charge is 2.19. The van der Waals surface area contributed by atoms with Crippen LogP contribution in [0.3, 0.4) is 0 Å². The molecule has 1 rings (SSSR count). The van der Waals surface area contributed by atoms with Crippen LogP contribution in [0.2, 0.25) is 0 Å². The van der Waals surface area contributed by atoms with E-state index in [1.54, 1.807) is 0 Å². The maximum Gasteiger partial charge on any atom is 0.307 e. The molecule has 0 aliphatic rings. The molecule has 0 saturated heterocycles. The highest BCUT2D eigenvalue weighted by molar-refractivity contribution is 5.94. The summed E-state index contributed by atoms with van der Waals surface area (Å²) in [5.41, 5.74) is -0.331. The van der Waals surface area contributed by atoms with Gasteiger partial charge in [0, 0.05) is 38.7 Å². The Balaban J connectivity index is 2.81. The Kier molecular flexibility index (Phi) is 6.45. The number of pyridine rings is 1. The Morgan fingerprint density at radius 3 is 2.65 bits per heavy atom. The van der Waals surface area contributed by atoms with Gasteiger partial charge in [-0.1, -0.05) is 0 Å². The van der Waals surface area contributed by atoms with Gasteiger partial charge in [-0.15, -0.1) is 0 Å². The van der Waals surface area contributed by atoms with Crippen molar-refractivity contribution in [3.8, 4) is 0 Å². The third-order valence-electron chi connectivity index (χ3n) is 2.72. The van der Waals surface area contributed by atoms with E-state index >= 15 is 0 Å². The molecule has 0 saturated carbocycles. The normalized spacial score (nSPS) is 10.1. The van der Waals surface area contributed by atoms with Gasteiger partial charge >= 0.3 is 5.97 Å². The van der Waals surface area contributed by atoms with Crippen LogP contribution in [0.4, 0.5) is 0 Å². The summed E-state index contributed by atoms with van der Waals surface area (Å²) in [5, 5.41) is 0. The quantitative estimate of drug-likeness (QED) is 0.713. The van der Waals surface area contributed by atoms with Gasteiger partial charge in [0.1, 0.15) is 5.56 Å². The molecule has 1 N–H and O–H groups in total. The second-order valence-electron chi connectivity index (χ2n) is 4.03. The summed E-state index contributed by atoms with van der Waals surface area (Å²) in [4.78, 5) is 39.2. The van der Waals surface area contributed by atoms with Crippen LogP contribution >= 0.6 is 0 Å². The van der Waals surface area contributed by atoms with Crippen molar-refractivity contribution in [2.45, 2.75) is 6.42 Å². The molecule has 0 radical (unpaired) electrons. The fourth-order valence-corrected chi connectivity index (χ4v) is 1.60. The monoisotopic (exact) mass is 282 g/mol. The SMILES string of the molecule is COCCN(CCC(=O)OC)C(=O)c1c[nH]ccc1=O. The molecule has 110 valence electrons. The van der Waals surface area contributed by atoms with Crippen molar-refractivity contribution in [1.82, 2.24) is 9.88 Å². The molecule has 1 aromatic heterocycles. The maximum atomic E-state index is 12.3. The lowest BCUT2D eigenvalue weighted by molar-refractivity contribution is -0.140. The minimum absolute atomic E-state index is 0.0356. The molecule has 7 heteroatoms. The number of carbonyl (C=O) groups excluding carboxylic acids is 2. The number of aromatic nitrogens is 1. The van der Waals surface area contributed by atoms with Crippen molar-refractivity contribution in [3.05, 3.63) is 34.2 Å². The van der Waals surface area contributed by atoms with Crippen molar-refractivity contribution in [1.29, 1.82) is 0 Å². The highest BCUT2D eigenvalue weighted by Crippen LogP contribution is 2.01. The summed E-state index contributed by atoms with van der Waals surface area (Å²) < 4.78 is 9.46. The standard InChI is InChI=1S/C13H18N2O5/c1-19-8-7-15(6-4-12(17)20-2)13(18)10-9-14-5-3-11(10)16/h3,5,9H,4,6-8H2,1-2H3,(H,14,16). The maximum absolute atomic E-state index is 12.3. The Morgan fingerprint density at radius 1 is 1.30 bits per heavy atom. The molecule has 0 unspecified atom stereocenters. The number of nitrogens with one attached hydrogen (secondary N) is 1. The fraction of sp³-hybridized carbons (Fsp3) is 0.462. The van der Waals surface area contributed by atoms with Crippen LogP contribution in [0, 0.1) is 0 Å². The number of nitrogens with zero attached hydrogens (tertiary/aromatic N) is 1. The van der Waals surface area contributed by atoms with E-state index in [0.717, 1.165) is 0 Å². The Morgan fingerprint density at radius 2 is 2.05 bits per heavy atom. The number of amides is 1. The van der Waals surface area contributed by atoms with E-state index in [4.69, 9.17) is 4.74 Å². The summed E-state index contributed by atoms with van der Waals surface area (Å²) in [6, 6.07) is 1.28. The Bertz CT molecular complexity index is 511. The van der Waals surface area contributed by atoms with Crippen LogP contribution in [0.15, 0.2) is 23.3 Å². The minimum Gasteiger partial charge on any atom is -0.469 e. The smallest absolute Gasteiger partial charge is 0.307 e. The van der Waals surface area contributed by atoms with Crippen LogP contribution < -0.4 is 5.43 Å². The van der Waals surface area contributed by atoms with Crippen molar-refractivity contribution < 1.29 is 19.1 Å². The predicted molar refractivity (Wildman–Crippen MR) is 71.5 cm³/mol. The topological polar surface area (TPSA) is 88.7 Å². The van der Waals surface area contributed by atoms with Crippen LogP contribution in [-0.4, -0.2) is 55.7 Å². The number of H-pyrrole nitrogens is 1. The second-order valence-corrected chi connectivity index (χ2v) is 4.03. The van der Waals surface area contributed by atoms with Gasteiger partial charge in [0.05, 0.1) is 20.1 Å². The molecule has 1 aromatic rings. The molecular formula is C13H18N2O5. The zero-order chi connectivity index (χ0) is 15.0. The lowest BCUT2D eigenvalue weighted by Gasteiger charge is -2.21. The molecule has 0 fully saturated rings. The predicted octanol–water partition coefficient (Wildman–Crippen LogP) is 0.0266. The molecule has 1 amide bonds. The van der Waals surface area contributed by atoms with Gasteiger partial charge in [-0.25, -0.2) is 0 Å². The average molecular weight is 282 g/mol. The molecular weight excluding hydrogens is 264 g/mol. The van der Waals surface area contributed by atoms with Gasteiger partial charge in [-0.3, -0.25) is 14.4 Å². The van der Waals surface area contributed by atoms with Crippen molar-refractivity contribution >= 4 is 11.9 Å². The largest absolute Gasteiger partial charge is 0.469 e. The minimum atomic E-state index is -0.437. The van der Waals surface area contributed by atoms with Gasteiger partial charge in [-0.2, -0.15) is 0 Å². The Labute approximate surface area is 116 Å². The first kappa shape index (κ1) is 15.9. The van der Waals surface area contributed by atoms with Gasteiger partial charge in [-0.05, 0) is 0 Å². The van der Waals surface area contributed by atoms with E-state index in [1.807, 2.05) is 0 Å². The van der Waals surface area contributed by atoms with Crippen LogP contribution in [0.1, 0.15) is 16.8 Å². The third-order valence-corrected chi connectivity index (χ3v) is 2.72. The van der Waals surface area contributed by atoms with Gasteiger partial charge in [0.15, 0.2) is 5.43 Å². The number of ether oxygens (including phenoxy) is 2. The van der Waals surface area contributed by atoms with Crippen LogP contribution in [0.5, 0.6) is 0 Å². The molecule has 20 heavy (non-hydrogen) atoms. The summed E-state index contributed by atoms with van der Waals surface area (Å²) in [7, 11) is 2.80. The fourth-order valence-electron chi connectivity index (χ4n) is 1.60. The molecule has 1 heterocycles. The van der Waals surface area contributed by atoms with Crippen LogP contribution in [-0.2, 0) is 14.3 Å². The Hall–Kier alpha value is -2.15. The van der Waals surface area contributed by atoms with Crippen molar-refractivity contribution in [2.75, 3.05) is 33.9 Å². The van der Waals surface area contributed by atoms with Gasteiger partial charge < -0.3 is 19.4 Å². The van der Waals surface area contributed by atoms with E-state index < -0.39 is 11.9 Å². The molecule has 0 atom stereocenters. The lowest BCUT2D eigenvalue weighted by Crippen LogP contribution is -2.38. The number of rotatable bonds is 7. The number of aromatic amines is 1. The van der Waals surface area contributed by atoms with E-state index in [-0.39, 0.29) is 24.0 Å². The van der Waals surface area contributed by atoms with Crippen LogP contribution in [0.25, 0.3) is 0 Å². The number of esters is 1. The third kappa shape index (κ3) is 4.51. The molecule has 0 aliphatic carbocycles. The summed E-state index contributed by atoms with van der Waals surface area (Å²) >= 11 is 0. The summed E-state index contributed by atoms with van der Waals surface area (Å²) in [6.07, 6.45) is 2.87. The van der Waals surface area contributed by atoms with Crippen molar-refractivity contribution in [2.24, 2.45) is 0 Å². The number of hydrogen-bond acceptors (Lipinski definition) is 5. The zero-order valence-corrected chi connectivity index (χ0v) is 11.5. The summed E-state index contributed by atoms with van der Waals surface area (Å²) in [6.45, 7) is 0.779. The molecule has 0 spiro atoms. The van der Waals surface area contributed by atoms with E-state index in [1.165, 1.54) is 37.6 Å². The first-order chi connectivity index (χ1) is 9.60. The van der Waals surface area contributed by atoms with Gasteiger partial charge in [0.2, 0.25) is 0 Å². The van der Waals surface area contributed by atoms with Crippen molar-refractivity contribution in [3.63, 3.8) is 0 Å². The first-order valence-corrected chi connectivity index (χ1v) is 6.12. The first-order valence-electron chi connectivity index (χ1n) is 6.12. The highest BCUT2D eigenvalue weighted by atomic mass is 16.5. The zero-order valence-electron chi connectivity index (χ0n) is 11.5. The molecule has 0 bridgehead atoms. The van der Waals surface area contributed by atoms with E-state index in [9.17, 15) is 14.4 Å². The number of hydrogen-bond donors (Lipinski definition) is 1.